The third kappa shape index (κ3) is 4.33. The second-order valence-corrected chi connectivity index (χ2v) is 5.47. The summed E-state index contributed by atoms with van der Waals surface area (Å²) >= 11 is 5.99. The second-order valence-electron chi connectivity index (χ2n) is 5.06. The van der Waals surface area contributed by atoms with Crippen molar-refractivity contribution in [1.29, 1.82) is 0 Å². The zero-order valence-electron chi connectivity index (χ0n) is 12.7. The zero-order valence-corrected chi connectivity index (χ0v) is 13.5. The van der Waals surface area contributed by atoms with Crippen molar-refractivity contribution >= 4 is 23.2 Å². The first kappa shape index (κ1) is 16.0. The summed E-state index contributed by atoms with van der Waals surface area (Å²) in [6.45, 7) is 0.469. The topological polar surface area (TPSA) is 69.0 Å². The monoisotopic (exact) mass is 342 g/mol. The minimum absolute atomic E-state index is 0.114. The van der Waals surface area contributed by atoms with Crippen LogP contribution in [-0.4, -0.2) is 27.3 Å². The number of carbonyl (C=O) groups is 1. The summed E-state index contributed by atoms with van der Waals surface area (Å²) in [4.78, 5) is 15.9. The Morgan fingerprint density at radius 2 is 2.08 bits per heavy atom. The molecule has 1 aromatic heterocycles. The van der Waals surface area contributed by atoms with E-state index in [-0.39, 0.29) is 12.5 Å². The minimum atomic E-state index is -0.257. The van der Waals surface area contributed by atoms with Crippen molar-refractivity contribution in [3.63, 3.8) is 0 Å². The third-order valence-corrected chi connectivity index (χ3v) is 3.53. The molecular formula is C17H15ClN4O2. The van der Waals surface area contributed by atoms with Crippen LogP contribution in [0.1, 0.15) is 5.56 Å². The molecular weight excluding hydrogens is 328 g/mol. The average Bonchev–Trinajstić information content (AvgIpc) is 3.07. The molecule has 0 aliphatic heterocycles. The largest absolute Gasteiger partial charge is 0.482 e. The molecule has 0 saturated heterocycles. The van der Waals surface area contributed by atoms with Gasteiger partial charge in [-0.05, 0) is 29.8 Å². The average molecular weight is 343 g/mol. The summed E-state index contributed by atoms with van der Waals surface area (Å²) in [5, 5.41) is 7.33. The molecule has 1 amide bonds. The lowest BCUT2D eigenvalue weighted by atomic mass is 10.2. The number of ether oxygens (including phenoxy) is 1. The summed E-state index contributed by atoms with van der Waals surface area (Å²) in [6, 6.07) is 14.6. The van der Waals surface area contributed by atoms with Crippen molar-refractivity contribution in [2.75, 3.05) is 11.9 Å². The van der Waals surface area contributed by atoms with Gasteiger partial charge in [0.25, 0.3) is 5.91 Å². The summed E-state index contributed by atoms with van der Waals surface area (Å²) in [7, 11) is 0. The third-order valence-electron chi connectivity index (χ3n) is 3.22. The van der Waals surface area contributed by atoms with Crippen LogP contribution in [0.5, 0.6) is 5.75 Å². The summed E-state index contributed by atoms with van der Waals surface area (Å²) in [5.74, 6) is 0.224. The van der Waals surface area contributed by atoms with E-state index in [1.807, 2.05) is 24.3 Å². The quantitative estimate of drug-likeness (QED) is 0.747. The molecule has 122 valence electrons. The Hall–Kier alpha value is -2.86. The van der Waals surface area contributed by atoms with E-state index in [0.717, 1.165) is 5.56 Å². The number of amides is 1. The van der Waals surface area contributed by atoms with E-state index in [9.17, 15) is 4.79 Å². The van der Waals surface area contributed by atoms with E-state index in [4.69, 9.17) is 16.3 Å². The number of aromatic nitrogens is 3. The summed E-state index contributed by atoms with van der Waals surface area (Å²) in [6.07, 6.45) is 3.13. The van der Waals surface area contributed by atoms with Gasteiger partial charge >= 0.3 is 0 Å². The van der Waals surface area contributed by atoms with Crippen LogP contribution in [0.2, 0.25) is 5.02 Å². The molecule has 24 heavy (non-hydrogen) atoms. The van der Waals surface area contributed by atoms with Crippen LogP contribution in [0.25, 0.3) is 0 Å². The summed E-state index contributed by atoms with van der Waals surface area (Å²) in [5.41, 5.74) is 1.70. The van der Waals surface area contributed by atoms with E-state index in [2.05, 4.69) is 15.4 Å². The van der Waals surface area contributed by atoms with E-state index in [0.29, 0.717) is 23.0 Å². The molecule has 3 rings (SSSR count). The smallest absolute Gasteiger partial charge is 0.262 e. The Kier molecular flexibility index (Phi) is 5.08. The van der Waals surface area contributed by atoms with Crippen LogP contribution < -0.4 is 10.1 Å². The number of anilines is 1. The molecule has 2 aromatic carbocycles. The number of rotatable bonds is 6. The second kappa shape index (κ2) is 7.61. The molecule has 1 N–H and O–H groups in total. The van der Waals surface area contributed by atoms with Crippen molar-refractivity contribution in [2.24, 2.45) is 0 Å². The number of carbonyl (C=O) groups excluding carboxylic acids is 1. The maximum absolute atomic E-state index is 12.0. The van der Waals surface area contributed by atoms with E-state index < -0.39 is 0 Å². The van der Waals surface area contributed by atoms with E-state index >= 15 is 0 Å². The minimum Gasteiger partial charge on any atom is -0.482 e. The molecule has 0 bridgehead atoms. The van der Waals surface area contributed by atoms with Gasteiger partial charge in [-0.2, -0.15) is 5.10 Å². The molecule has 7 heteroatoms. The molecule has 0 aliphatic rings. The van der Waals surface area contributed by atoms with Crippen molar-refractivity contribution < 1.29 is 9.53 Å². The van der Waals surface area contributed by atoms with Crippen LogP contribution in [0.4, 0.5) is 5.69 Å². The zero-order chi connectivity index (χ0) is 16.8. The fraction of sp³-hybridized carbons (Fsp3) is 0.118. The Morgan fingerprint density at radius 3 is 2.88 bits per heavy atom. The first-order valence-corrected chi connectivity index (χ1v) is 7.67. The SMILES string of the molecule is O=C(COc1ccccc1Cl)Nc1cccc(Cn2cncn2)c1. The van der Waals surface area contributed by atoms with Crippen molar-refractivity contribution in [3.05, 3.63) is 71.8 Å². The number of nitrogens with one attached hydrogen (secondary N) is 1. The number of hydrogen-bond donors (Lipinski definition) is 1. The highest BCUT2D eigenvalue weighted by atomic mass is 35.5. The predicted molar refractivity (Wildman–Crippen MR) is 91.1 cm³/mol. The maximum Gasteiger partial charge on any atom is 0.262 e. The normalized spacial score (nSPS) is 10.4. The van der Waals surface area contributed by atoms with E-state index in [1.54, 1.807) is 35.3 Å². The maximum atomic E-state index is 12.0. The lowest BCUT2D eigenvalue weighted by molar-refractivity contribution is -0.118. The lowest BCUT2D eigenvalue weighted by Crippen LogP contribution is -2.20. The van der Waals surface area contributed by atoms with Gasteiger partial charge in [-0.3, -0.25) is 4.79 Å². The Labute approximate surface area is 144 Å². The molecule has 0 aliphatic carbocycles. The molecule has 0 atom stereocenters. The van der Waals surface area contributed by atoms with Crippen molar-refractivity contribution in [3.8, 4) is 5.75 Å². The highest BCUT2D eigenvalue weighted by molar-refractivity contribution is 6.32. The number of nitrogens with zero attached hydrogens (tertiary/aromatic N) is 3. The fourth-order valence-corrected chi connectivity index (χ4v) is 2.34. The predicted octanol–water partition coefficient (Wildman–Crippen LogP) is 3.00. The summed E-state index contributed by atoms with van der Waals surface area (Å²) < 4.78 is 7.13. The number of halogens is 1. The van der Waals surface area contributed by atoms with Gasteiger partial charge in [0.1, 0.15) is 18.4 Å². The van der Waals surface area contributed by atoms with Crippen molar-refractivity contribution in [1.82, 2.24) is 14.8 Å². The Morgan fingerprint density at radius 1 is 1.21 bits per heavy atom. The Bertz CT molecular complexity index is 821. The molecule has 0 radical (unpaired) electrons. The highest BCUT2D eigenvalue weighted by Crippen LogP contribution is 2.23. The molecule has 6 nitrogen and oxygen atoms in total. The van der Waals surface area contributed by atoms with Crippen LogP contribution in [0, 0.1) is 0 Å². The molecule has 3 aromatic rings. The van der Waals surface area contributed by atoms with Gasteiger partial charge in [-0.1, -0.05) is 35.9 Å². The first-order valence-electron chi connectivity index (χ1n) is 7.29. The fourth-order valence-electron chi connectivity index (χ4n) is 2.15. The van der Waals surface area contributed by atoms with Crippen LogP contribution in [0.3, 0.4) is 0 Å². The number of para-hydroxylation sites is 1. The number of benzene rings is 2. The van der Waals surface area contributed by atoms with Gasteiger partial charge in [-0.25, -0.2) is 9.67 Å². The van der Waals surface area contributed by atoms with Crippen LogP contribution >= 0.6 is 11.6 Å². The molecule has 0 spiro atoms. The molecule has 0 unspecified atom stereocenters. The standard InChI is InChI=1S/C17H15ClN4O2/c18-15-6-1-2-7-16(15)24-10-17(23)21-14-5-3-4-13(8-14)9-22-12-19-11-20-22/h1-8,11-12H,9-10H2,(H,21,23). The van der Waals surface area contributed by atoms with Crippen LogP contribution in [0.15, 0.2) is 61.2 Å². The molecule has 0 fully saturated rings. The van der Waals surface area contributed by atoms with Gasteiger partial charge < -0.3 is 10.1 Å². The van der Waals surface area contributed by atoms with Gasteiger partial charge in [0.2, 0.25) is 0 Å². The van der Waals surface area contributed by atoms with E-state index in [1.165, 1.54) is 6.33 Å². The van der Waals surface area contributed by atoms with Gasteiger partial charge in [0.15, 0.2) is 6.61 Å². The number of hydrogen-bond acceptors (Lipinski definition) is 4. The molecule has 0 saturated carbocycles. The molecule has 1 heterocycles. The van der Waals surface area contributed by atoms with Gasteiger partial charge in [0, 0.05) is 5.69 Å². The van der Waals surface area contributed by atoms with Gasteiger partial charge in [-0.15, -0.1) is 0 Å². The highest BCUT2D eigenvalue weighted by Gasteiger charge is 2.06. The first-order chi connectivity index (χ1) is 11.7. The van der Waals surface area contributed by atoms with Crippen LogP contribution in [-0.2, 0) is 11.3 Å². The van der Waals surface area contributed by atoms with Crippen molar-refractivity contribution in [2.45, 2.75) is 6.54 Å². The Balaban J connectivity index is 1.57. The van der Waals surface area contributed by atoms with Gasteiger partial charge in [0.05, 0.1) is 11.6 Å². The lowest BCUT2D eigenvalue weighted by Gasteiger charge is -2.09.